The average Bonchev–Trinajstić information content (AvgIpc) is 2.87. The Kier molecular flexibility index (Phi) is 9.78. The third kappa shape index (κ3) is 7.62. The van der Waals surface area contributed by atoms with Gasteiger partial charge >= 0.3 is 5.97 Å². The van der Waals surface area contributed by atoms with E-state index in [1.165, 1.54) is 7.11 Å². The lowest BCUT2D eigenvalue weighted by molar-refractivity contribution is -0.149. The molecule has 1 aliphatic carbocycles. The van der Waals surface area contributed by atoms with Gasteiger partial charge in [-0.3, -0.25) is 14.4 Å². The van der Waals surface area contributed by atoms with E-state index < -0.39 is 0 Å². The van der Waals surface area contributed by atoms with Gasteiger partial charge in [0.2, 0.25) is 0 Å². The summed E-state index contributed by atoms with van der Waals surface area (Å²) in [6.07, 6.45) is 3.14. The van der Waals surface area contributed by atoms with Crippen LogP contribution in [0.5, 0.6) is 11.5 Å². The lowest BCUT2D eigenvalue weighted by Crippen LogP contribution is -2.34. The van der Waals surface area contributed by atoms with Crippen molar-refractivity contribution < 1.29 is 28.6 Å². The van der Waals surface area contributed by atoms with Crippen molar-refractivity contribution in [3.05, 3.63) is 58.6 Å². The Hall–Kier alpha value is -3.26. The molecule has 0 saturated heterocycles. The number of carbonyl (C=O) groups is 3. The van der Waals surface area contributed by atoms with Gasteiger partial charge in [0.05, 0.1) is 30.8 Å². The molecule has 2 aromatic rings. The number of rotatable bonds is 10. The van der Waals surface area contributed by atoms with E-state index in [1.807, 2.05) is 6.92 Å². The van der Waals surface area contributed by atoms with Gasteiger partial charge in [-0.1, -0.05) is 11.6 Å². The van der Waals surface area contributed by atoms with Crippen LogP contribution in [0.15, 0.2) is 42.5 Å². The Labute approximate surface area is 210 Å². The molecule has 1 aliphatic rings. The highest BCUT2D eigenvalue weighted by Gasteiger charge is 2.28. The van der Waals surface area contributed by atoms with Gasteiger partial charge in [0.25, 0.3) is 11.8 Å². The minimum atomic E-state index is -0.285. The number of nitrogens with one attached hydrogen (secondary N) is 2. The molecular weight excluding hydrogens is 472 g/mol. The number of methoxy groups -OCH3 is 1. The molecule has 0 spiro atoms. The molecule has 9 heteroatoms. The number of amides is 2. The lowest BCUT2D eigenvalue weighted by atomic mass is 9.87. The predicted molar refractivity (Wildman–Crippen MR) is 132 cm³/mol. The van der Waals surface area contributed by atoms with Crippen molar-refractivity contribution in [2.45, 2.75) is 38.7 Å². The number of hydrogen-bond acceptors (Lipinski definition) is 6. The molecule has 8 nitrogen and oxygen atoms in total. The number of ether oxygens (including phenoxy) is 3. The second-order valence-corrected chi connectivity index (χ2v) is 8.64. The molecule has 35 heavy (non-hydrogen) atoms. The monoisotopic (exact) mass is 502 g/mol. The highest BCUT2D eigenvalue weighted by Crippen LogP contribution is 2.29. The van der Waals surface area contributed by atoms with Crippen molar-refractivity contribution in [1.29, 1.82) is 0 Å². The summed E-state index contributed by atoms with van der Waals surface area (Å²) in [6, 6.07) is 11.7. The summed E-state index contributed by atoms with van der Waals surface area (Å²) in [5, 5.41) is 5.95. The minimum absolute atomic E-state index is 0.0420. The summed E-state index contributed by atoms with van der Waals surface area (Å²) in [6.45, 7) is 2.76. The molecule has 2 aromatic carbocycles. The van der Waals surface area contributed by atoms with Crippen molar-refractivity contribution in [1.82, 2.24) is 10.6 Å². The van der Waals surface area contributed by atoms with E-state index in [1.54, 1.807) is 42.5 Å². The zero-order chi connectivity index (χ0) is 25.2. The molecule has 188 valence electrons. The van der Waals surface area contributed by atoms with Crippen LogP contribution in [0, 0.1) is 5.92 Å². The summed E-state index contributed by atoms with van der Waals surface area (Å²) in [7, 11) is 1.48. The SMILES string of the molecule is CCOC(=O)[C@H]1CC[C@@H](Oc2ccc(C(=O)NCCNC(=O)c3ccc(Cl)c(OC)c3)cc2)CC1. The molecule has 0 heterocycles. The number of esters is 1. The molecule has 2 N–H and O–H groups in total. The first-order chi connectivity index (χ1) is 16.9. The summed E-state index contributed by atoms with van der Waals surface area (Å²) < 4.78 is 16.2. The fourth-order valence-electron chi connectivity index (χ4n) is 3.91. The molecule has 0 unspecified atom stereocenters. The van der Waals surface area contributed by atoms with Crippen LogP contribution in [-0.2, 0) is 9.53 Å². The summed E-state index contributed by atoms with van der Waals surface area (Å²) >= 11 is 5.98. The van der Waals surface area contributed by atoms with Crippen molar-refractivity contribution in [3.63, 3.8) is 0 Å². The smallest absolute Gasteiger partial charge is 0.308 e. The molecule has 0 radical (unpaired) electrons. The number of carbonyl (C=O) groups excluding carboxylic acids is 3. The van der Waals surface area contributed by atoms with Gasteiger partial charge in [-0.2, -0.15) is 0 Å². The van der Waals surface area contributed by atoms with Gasteiger partial charge in [0, 0.05) is 24.2 Å². The van der Waals surface area contributed by atoms with E-state index >= 15 is 0 Å². The summed E-state index contributed by atoms with van der Waals surface area (Å²) in [4.78, 5) is 36.5. The van der Waals surface area contributed by atoms with Crippen LogP contribution in [0.25, 0.3) is 0 Å². The maximum atomic E-state index is 12.4. The predicted octanol–water partition coefficient (Wildman–Crippen LogP) is 4.01. The van der Waals surface area contributed by atoms with E-state index in [2.05, 4.69) is 10.6 Å². The maximum absolute atomic E-state index is 12.4. The van der Waals surface area contributed by atoms with Crippen LogP contribution in [0.4, 0.5) is 0 Å². The molecule has 1 saturated carbocycles. The second kappa shape index (κ2) is 13.0. The van der Waals surface area contributed by atoms with Gasteiger partial charge < -0.3 is 24.8 Å². The molecular formula is C26H31ClN2O6. The third-order valence-corrected chi connectivity index (χ3v) is 6.14. The molecule has 0 bridgehead atoms. The third-order valence-electron chi connectivity index (χ3n) is 5.82. The summed E-state index contributed by atoms with van der Waals surface area (Å²) in [5.41, 5.74) is 0.916. The molecule has 2 amide bonds. The maximum Gasteiger partial charge on any atom is 0.308 e. The Bertz CT molecular complexity index is 1020. The van der Waals surface area contributed by atoms with Crippen molar-refractivity contribution in [2.75, 3.05) is 26.8 Å². The molecule has 0 atom stereocenters. The minimum Gasteiger partial charge on any atom is -0.495 e. The zero-order valence-corrected chi connectivity index (χ0v) is 20.7. The number of halogens is 1. The lowest BCUT2D eigenvalue weighted by Gasteiger charge is -2.27. The highest BCUT2D eigenvalue weighted by molar-refractivity contribution is 6.32. The van der Waals surface area contributed by atoms with E-state index in [9.17, 15) is 14.4 Å². The summed E-state index contributed by atoms with van der Waals surface area (Å²) in [5.74, 6) is 0.419. The van der Waals surface area contributed by atoms with Crippen molar-refractivity contribution >= 4 is 29.4 Å². The second-order valence-electron chi connectivity index (χ2n) is 8.23. The van der Waals surface area contributed by atoms with Crippen LogP contribution >= 0.6 is 11.6 Å². The normalized spacial score (nSPS) is 17.2. The van der Waals surface area contributed by atoms with Gasteiger partial charge in [0.1, 0.15) is 11.5 Å². The van der Waals surface area contributed by atoms with E-state index in [-0.39, 0.29) is 42.9 Å². The van der Waals surface area contributed by atoms with Crippen LogP contribution < -0.4 is 20.1 Å². The van der Waals surface area contributed by atoms with Gasteiger partial charge in [-0.25, -0.2) is 0 Å². The van der Waals surface area contributed by atoms with Gasteiger partial charge in [-0.05, 0) is 75.1 Å². The zero-order valence-electron chi connectivity index (χ0n) is 20.0. The Morgan fingerprint density at radius 2 is 1.51 bits per heavy atom. The van der Waals surface area contributed by atoms with E-state index in [0.29, 0.717) is 34.3 Å². The Morgan fingerprint density at radius 3 is 2.11 bits per heavy atom. The topological polar surface area (TPSA) is 103 Å². The number of hydrogen-bond donors (Lipinski definition) is 2. The molecule has 0 aliphatic heterocycles. The number of benzene rings is 2. The fraction of sp³-hybridized carbons (Fsp3) is 0.423. The first-order valence-electron chi connectivity index (χ1n) is 11.7. The standard InChI is InChI=1S/C26H31ClN2O6/c1-3-34-26(32)18-6-11-21(12-7-18)35-20-9-4-17(5-10-20)24(30)28-14-15-29-25(31)19-8-13-22(27)23(16-19)33-2/h4-5,8-10,13,16,18,21H,3,6-7,11-12,14-15H2,1-2H3,(H,28,30)(H,29,31)/t18-,21+. The first kappa shape index (κ1) is 26.3. The average molecular weight is 503 g/mol. The van der Waals surface area contributed by atoms with Crippen molar-refractivity contribution in [3.8, 4) is 11.5 Å². The Balaban J connectivity index is 1.38. The van der Waals surface area contributed by atoms with Gasteiger partial charge in [-0.15, -0.1) is 0 Å². The van der Waals surface area contributed by atoms with E-state index in [0.717, 1.165) is 25.7 Å². The fourth-order valence-corrected chi connectivity index (χ4v) is 4.11. The first-order valence-corrected chi connectivity index (χ1v) is 12.1. The molecule has 3 rings (SSSR count). The van der Waals surface area contributed by atoms with Crippen molar-refractivity contribution in [2.24, 2.45) is 5.92 Å². The largest absolute Gasteiger partial charge is 0.495 e. The highest BCUT2D eigenvalue weighted by atomic mass is 35.5. The quantitative estimate of drug-likeness (QED) is 0.376. The van der Waals surface area contributed by atoms with Gasteiger partial charge in [0.15, 0.2) is 0 Å². The Morgan fingerprint density at radius 1 is 0.914 bits per heavy atom. The molecule has 1 fully saturated rings. The van der Waals surface area contributed by atoms with Crippen LogP contribution in [-0.4, -0.2) is 50.7 Å². The molecule has 0 aromatic heterocycles. The van der Waals surface area contributed by atoms with Crippen LogP contribution in [0.1, 0.15) is 53.3 Å². The van der Waals surface area contributed by atoms with Crippen LogP contribution in [0.3, 0.4) is 0 Å². The van der Waals surface area contributed by atoms with E-state index in [4.69, 9.17) is 25.8 Å². The van der Waals surface area contributed by atoms with Crippen LogP contribution in [0.2, 0.25) is 5.02 Å².